The number of rotatable bonds is 6. The minimum absolute atomic E-state index is 0.214. The normalized spacial score (nSPS) is 14.9. The molecule has 1 unspecified atom stereocenters. The summed E-state index contributed by atoms with van der Waals surface area (Å²) < 4.78 is 12.8. The molecular formula is C30H23ClN2O5S. The molecule has 0 amide bonds. The topological polar surface area (TPSA) is 87.0 Å². The lowest BCUT2D eigenvalue weighted by atomic mass is 9.96. The number of carbonyl (C=O) groups is 2. The van der Waals surface area contributed by atoms with E-state index in [1.165, 1.54) is 11.3 Å². The van der Waals surface area contributed by atoms with Gasteiger partial charge in [-0.1, -0.05) is 77.5 Å². The fourth-order valence-electron chi connectivity index (χ4n) is 4.31. The summed E-state index contributed by atoms with van der Waals surface area (Å²) in [7, 11) is 0. The Bertz CT molecular complexity index is 1770. The summed E-state index contributed by atoms with van der Waals surface area (Å²) in [6.45, 7) is 3.71. The minimum atomic E-state index is -0.657. The van der Waals surface area contributed by atoms with Gasteiger partial charge < -0.3 is 9.47 Å². The molecule has 1 atom stereocenters. The molecule has 4 aromatic rings. The lowest BCUT2D eigenvalue weighted by Gasteiger charge is -2.24. The SMILES string of the molecule is CCOC(=O)C1=C(C)N=c2sc(=Cc3ccc(OC(=O)c4ccccc4Cl)cc3)c(=O)n2C1c1ccccc1. The predicted molar refractivity (Wildman–Crippen MR) is 150 cm³/mol. The van der Waals surface area contributed by atoms with Gasteiger partial charge in [-0.05, 0) is 55.3 Å². The molecule has 0 bridgehead atoms. The minimum Gasteiger partial charge on any atom is -0.463 e. The van der Waals surface area contributed by atoms with Gasteiger partial charge in [0.25, 0.3) is 5.56 Å². The molecule has 0 aliphatic carbocycles. The Hall–Kier alpha value is -4.27. The average Bonchev–Trinajstić information content (AvgIpc) is 3.23. The van der Waals surface area contributed by atoms with Gasteiger partial charge in [0.05, 0.1) is 39.0 Å². The summed E-state index contributed by atoms with van der Waals surface area (Å²) in [5, 5.41) is 0.310. The molecule has 7 nitrogen and oxygen atoms in total. The number of thiazole rings is 1. The number of hydrogen-bond acceptors (Lipinski definition) is 7. The molecular weight excluding hydrogens is 536 g/mol. The summed E-state index contributed by atoms with van der Waals surface area (Å²) >= 11 is 7.33. The van der Waals surface area contributed by atoms with Gasteiger partial charge in [0.1, 0.15) is 5.75 Å². The van der Waals surface area contributed by atoms with Crippen LogP contribution in [0.4, 0.5) is 0 Å². The van der Waals surface area contributed by atoms with Crippen LogP contribution in [0.5, 0.6) is 5.75 Å². The highest BCUT2D eigenvalue weighted by atomic mass is 35.5. The highest BCUT2D eigenvalue weighted by Gasteiger charge is 2.33. The van der Waals surface area contributed by atoms with Gasteiger partial charge in [0.2, 0.25) is 0 Å². The van der Waals surface area contributed by atoms with Crippen LogP contribution in [-0.2, 0) is 9.53 Å². The molecule has 5 rings (SSSR count). The third-order valence-corrected chi connectivity index (χ3v) is 7.43. The van der Waals surface area contributed by atoms with Crippen LogP contribution in [0.3, 0.4) is 0 Å². The number of halogens is 1. The van der Waals surface area contributed by atoms with Crippen LogP contribution in [0, 0.1) is 0 Å². The summed E-state index contributed by atoms with van der Waals surface area (Å²) in [6.07, 6.45) is 1.74. The van der Waals surface area contributed by atoms with Crippen molar-refractivity contribution >= 4 is 41.0 Å². The van der Waals surface area contributed by atoms with Crippen molar-refractivity contribution in [3.05, 3.63) is 132 Å². The predicted octanol–water partition coefficient (Wildman–Crippen LogP) is 4.67. The maximum atomic E-state index is 13.7. The van der Waals surface area contributed by atoms with E-state index in [-0.39, 0.29) is 17.7 Å². The molecule has 0 saturated heterocycles. The van der Waals surface area contributed by atoms with Crippen molar-refractivity contribution in [2.45, 2.75) is 19.9 Å². The molecule has 3 aromatic carbocycles. The molecule has 0 saturated carbocycles. The van der Waals surface area contributed by atoms with E-state index in [1.54, 1.807) is 73.0 Å². The van der Waals surface area contributed by atoms with E-state index < -0.39 is 18.0 Å². The Morgan fingerprint density at radius 1 is 1.00 bits per heavy atom. The lowest BCUT2D eigenvalue weighted by molar-refractivity contribution is -0.139. The van der Waals surface area contributed by atoms with E-state index in [1.807, 2.05) is 30.3 Å². The van der Waals surface area contributed by atoms with E-state index in [4.69, 9.17) is 21.1 Å². The standard InChI is InChI=1S/C30H23ClN2O5S/c1-3-37-29(36)25-18(2)32-30-33(26(25)20-9-5-4-6-10-20)27(34)24(39-30)17-19-13-15-21(16-14-19)38-28(35)22-11-7-8-12-23(22)31/h4-17,26H,3H2,1-2H3. The third kappa shape index (κ3) is 5.34. The number of carbonyl (C=O) groups excluding carboxylic acids is 2. The second kappa shape index (κ2) is 11.2. The zero-order valence-electron chi connectivity index (χ0n) is 21.1. The van der Waals surface area contributed by atoms with E-state index in [9.17, 15) is 14.4 Å². The van der Waals surface area contributed by atoms with Crippen molar-refractivity contribution < 1.29 is 19.1 Å². The highest BCUT2D eigenvalue weighted by molar-refractivity contribution is 7.07. The third-order valence-electron chi connectivity index (χ3n) is 6.11. The first-order valence-electron chi connectivity index (χ1n) is 12.2. The number of fused-ring (bicyclic) bond motifs is 1. The molecule has 0 radical (unpaired) electrons. The summed E-state index contributed by atoms with van der Waals surface area (Å²) in [5.41, 5.74) is 2.37. The van der Waals surface area contributed by atoms with Crippen LogP contribution in [0.1, 0.15) is 41.4 Å². The Kier molecular flexibility index (Phi) is 7.58. The zero-order chi connectivity index (χ0) is 27.5. The first-order valence-corrected chi connectivity index (χ1v) is 13.4. The van der Waals surface area contributed by atoms with Crippen molar-refractivity contribution in [2.24, 2.45) is 4.99 Å². The highest BCUT2D eigenvalue weighted by Crippen LogP contribution is 2.30. The summed E-state index contributed by atoms with van der Waals surface area (Å²) in [5.74, 6) is -0.712. The molecule has 39 heavy (non-hydrogen) atoms. The molecule has 1 aliphatic rings. The number of ether oxygens (including phenoxy) is 2. The van der Waals surface area contributed by atoms with Crippen LogP contribution in [-0.4, -0.2) is 23.1 Å². The largest absolute Gasteiger partial charge is 0.463 e. The maximum absolute atomic E-state index is 13.7. The van der Waals surface area contributed by atoms with Gasteiger partial charge in [-0.3, -0.25) is 9.36 Å². The van der Waals surface area contributed by atoms with Gasteiger partial charge in [-0.25, -0.2) is 14.6 Å². The number of esters is 2. The Labute approximate surface area is 232 Å². The fraction of sp³-hybridized carbons (Fsp3) is 0.133. The smallest absolute Gasteiger partial charge is 0.345 e. The van der Waals surface area contributed by atoms with Gasteiger partial charge in [0, 0.05) is 0 Å². The number of allylic oxidation sites excluding steroid dienone is 1. The second-order valence-electron chi connectivity index (χ2n) is 8.65. The van der Waals surface area contributed by atoms with Crippen LogP contribution in [0.2, 0.25) is 5.02 Å². The number of hydrogen-bond donors (Lipinski definition) is 0. The Morgan fingerprint density at radius 2 is 1.69 bits per heavy atom. The van der Waals surface area contributed by atoms with Crippen LogP contribution < -0.4 is 19.6 Å². The summed E-state index contributed by atoms with van der Waals surface area (Å²) in [6, 6.07) is 22.2. The molecule has 0 N–H and O–H groups in total. The maximum Gasteiger partial charge on any atom is 0.345 e. The van der Waals surface area contributed by atoms with E-state index in [0.29, 0.717) is 31.4 Å². The molecule has 2 heterocycles. The second-order valence-corrected chi connectivity index (χ2v) is 10.1. The van der Waals surface area contributed by atoms with Crippen molar-refractivity contribution in [1.29, 1.82) is 0 Å². The van der Waals surface area contributed by atoms with Gasteiger partial charge in [0.15, 0.2) is 4.80 Å². The van der Waals surface area contributed by atoms with Gasteiger partial charge in [-0.2, -0.15) is 0 Å². The zero-order valence-corrected chi connectivity index (χ0v) is 22.7. The van der Waals surface area contributed by atoms with Crippen molar-refractivity contribution in [1.82, 2.24) is 4.57 Å². The quantitative estimate of drug-likeness (QED) is 0.253. The number of aromatic nitrogens is 1. The monoisotopic (exact) mass is 558 g/mol. The van der Waals surface area contributed by atoms with Crippen molar-refractivity contribution in [3.63, 3.8) is 0 Å². The number of nitrogens with zero attached hydrogens (tertiary/aromatic N) is 2. The molecule has 1 aliphatic heterocycles. The fourth-order valence-corrected chi connectivity index (χ4v) is 5.57. The van der Waals surface area contributed by atoms with Crippen molar-refractivity contribution in [2.75, 3.05) is 6.61 Å². The van der Waals surface area contributed by atoms with Crippen LogP contribution in [0.25, 0.3) is 6.08 Å². The van der Waals surface area contributed by atoms with Crippen molar-refractivity contribution in [3.8, 4) is 5.75 Å². The molecule has 9 heteroatoms. The molecule has 0 fully saturated rings. The molecule has 0 spiro atoms. The summed E-state index contributed by atoms with van der Waals surface area (Å²) in [4.78, 5) is 44.1. The van der Waals surface area contributed by atoms with Gasteiger partial charge >= 0.3 is 11.9 Å². The van der Waals surface area contributed by atoms with Gasteiger partial charge in [-0.15, -0.1) is 0 Å². The number of benzene rings is 3. The first kappa shape index (κ1) is 26.3. The molecule has 1 aromatic heterocycles. The molecule has 196 valence electrons. The van der Waals surface area contributed by atoms with E-state index >= 15 is 0 Å². The lowest BCUT2D eigenvalue weighted by Crippen LogP contribution is -2.39. The Balaban J connectivity index is 1.50. The van der Waals surface area contributed by atoms with E-state index in [0.717, 1.165) is 11.1 Å². The first-order chi connectivity index (χ1) is 18.9. The van der Waals surface area contributed by atoms with E-state index in [2.05, 4.69) is 4.99 Å². The van der Waals surface area contributed by atoms with Crippen LogP contribution in [0.15, 0.2) is 99.9 Å². The van der Waals surface area contributed by atoms with Crippen LogP contribution >= 0.6 is 22.9 Å². The Morgan fingerprint density at radius 3 is 2.38 bits per heavy atom. The average molecular weight is 559 g/mol.